The molecule has 0 aliphatic carbocycles. The van der Waals surface area contributed by atoms with E-state index in [9.17, 15) is 18.0 Å². The van der Waals surface area contributed by atoms with Gasteiger partial charge in [0.05, 0.1) is 13.2 Å². The van der Waals surface area contributed by atoms with Crippen molar-refractivity contribution in [2.45, 2.75) is 12.9 Å². The predicted octanol–water partition coefficient (Wildman–Crippen LogP) is 2.18. The van der Waals surface area contributed by atoms with E-state index in [1.54, 1.807) is 4.52 Å². The Hall–Kier alpha value is -3.44. The van der Waals surface area contributed by atoms with E-state index >= 15 is 0 Å². The average molecular weight is 446 g/mol. The lowest BCUT2D eigenvalue weighted by atomic mass is 10.2. The van der Waals surface area contributed by atoms with Crippen LogP contribution in [0.25, 0.3) is 22.2 Å². The standard InChI is InChI=1S/C21H18F3N5O3/c22-21(23,24)32-15-7-5-14(6-8-15)28-20(30)19-17(13-27-9-11-31-12-10-27)25-16-3-1-2-4-18(16)29(19)26-28/h1-8H,9-13H2/p+1. The molecule has 3 heterocycles. The molecule has 0 spiro atoms. The quantitative estimate of drug-likeness (QED) is 0.487. The van der Waals surface area contributed by atoms with E-state index in [1.807, 2.05) is 24.3 Å². The van der Waals surface area contributed by atoms with E-state index in [1.165, 1.54) is 16.8 Å². The summed E-state index contributed by atoms with van der Waals surface area (Å²) >= 11 is 0. The van der Waals surface area contributed by atoms with E-state index in [0.717, 1.165) is 30.7 Å². The number of hydrogen-bond donors (Lipinski definition) is 1. The number of H-pyrrole nitrogens is 1. The maximum atomic E-state index is 13.4. The summed E-state index contributed by atoms with van der Waals surface area (Å²) in [7, 11) is 0. The number of fused-ring (bicyclic) bond motifs is 3. The summed E-state index contributed by atoms with van der Waals surface area (Å²) in [6, 6.07) is 12.5. The highest BCUT2D eigenvalue weighted by Gasteiger charge is 2.31. The Morgan fingerprint density at radius 1 is 1.09 bits per heavy atom. The van der Waals surface area contributed by atoms with Crippen molar-refractivity contribution in [2.75, 3.05) is 26.3 Å². The molecule has 1 aliphatic heterocycles. The van der Waals surface area contributed by atoms with Crippen LogP contribution in [0.5, 0.6) is 5.75 Å². The Bertz CT molecular complexity index is 1330. The van der Waals surface area contributed by atoms with Crippen LogP contribution >= 0.6 is 0 Å². The molecule has 8 nitrogen and oxygen atoms in total. The molecule has 1 saturated heterocycles. The molecule has 0 amide bonds. The lowest BCUT2D eigenvalue weighted by molar-refractivity contribution is -0.556. The monoisotopic (exact) mass is 446 g/mol. The molecule has 0 unspecified atom stereocenters. The number of rotatable bonds is 4. The van der Waals surface area contributed by atoms with Crippen LogP contribution < -0.4 is 14.8 Å². The van der Waals surface area contributed by atoms with Gasteiger partial charge in [-0.1, -0.05) is 22.0 Å². The Balaban J connectivity index is 1.62. The number of aromatic amines is 1. The van der Waals surface area contributed by atoms with Crippen LogP contribution in [-0.4, -0.2) is 52.4 Å². The highest BCUT2D eigenvalue weighted by atomic mass is 19.4. The fourth-order valence-corrected chi connectivity index (χ4v) is 3.82. The van der Waals surface area contributed by atoms with E-state index in [2.05, 4.69) is 14.9 Å². The molecule has 0 bridgehead atoms. The number of ether oxygens (including phenoxy) is 2. The molecule has 0 radical (unpaired) electrons. The molecule has 5 rings (SSSR count). The first kappa shape index (κ1) is 20.5. The number of alkyl halides is 3. The van der Waals surface area contributed by atoms with Gasteiger partial charge in [-0.15, -0.1) is 17.7 Å². The number of nitrogens with one attached hydrogen (secondary N) is 1. The van der Waals surface area contributed by atoms with Crippen molar-refractivity contribution in [3.05, 3.63) is 64.6 Å². The molecule has 2 aromatic heterocycles. The van der Waals surface area contributed by atoms with Gasteiger partial charge in [0.15, 0.2) is 11.2 Å². The van der Waals surface area contributed by atoms with E-state index in [4.69, 9.17) is 9.72 Å². The second-order valence-electron chi connectivity index (χ2n) is 7.40. The van der Waals surface area contributed by atoms with Gasteiger partial charge in [0.25, 0.3) is 5.52 Å². The van der Waals surface area contributed by atoms with Gasteiger partial charge in [-0.2, -0.15) is 0 Å². The molecule has 1 aliphatic rings. The zero-order chi connectivity index (χ0) is 22.3. The van der Waals surface area contributed by atoms with Crippen LogP contribution in [0.4, 0.5) is 13.2 Å². The minimum absolute atomic E-state index is 0.351. The predicted molar refractivity (Wildman–Crippen MR) is 108 cm³/mol. The summed E-state index contributed by atoms with van der Waals surface area (Å²) in [4.78, 5) is 20.3. The van der Waals surface area contributed by atoms with Gasteiger partial charge in [0.2, 0.25) is 0 Å². The van der Waals surface area contributed by atoms with Crippen molar-refractivity contribution in [1.82, 2.24) is 19.8 Å². The van der Waals surface area contributed by atoms with Crippen molar-refractivity contribution in [1.29, 1.82) is 0 Å². The summed E-state index contributed by atoms with van der Waals surface area (Å²) in [5.41, 5.74) is 2.44. The second-order valence-corrected chi connectivity index (χ2v) is 7.40. The van der Waals surface area contributed by atoms with E-state index in [0.29, 0.717) is 42.2 Å². The molecule has 1 N–H and O–H groups in total. The van der Waals surface area contributed by atoms with Gasteiger partial charge in [0, 0.05) is 19.6 Å². The third-order valence-corrected chi connectivity index (χ3v) is 5.29. The smallest absolute Gasteiger partial charge is 0.406 e. The Morgan fingerprint density at radius 2 is 1.81 bits per heavy atom. The van der Waals surface area contributed by atoms with Crippen molar-refractivity contribution in [3.63, 3.8) is 0 Å². The number of halogens is 3. The first-order valence-corrected chi connectivity index (χ1v) is 10.00. The van der Waals surface area contributed by atoms with Crippen molar-refractivity contribution >= 4 is 16.6 Å². The molecule has 0 saturated carbocycles. The minimum atomic E-state index is -4.78. The SMILES string of the molecule is O=c1c2c(CN3CCOCC3)nc3ccccc3[n+]2[nH]n1-c1ccc(OC(F)(F)F)cc1. The maximum absolute atomic E-state index is 13.4. The molecule has 166 valence electrons. The number of hydrogen-bond acceptors (Lipinski definition) is 5. The fourth-order valence-electron chi connectivity index (χ4n) is 3.82. The van der Waals surface area contributed by atoms with Gasteiger partial charge in [-0.3, -0.25) is 4.90 Å². The highest BCUT2D eigenvalue weighted by molar-refractivity contribution is 5.72. The number of aromatic nitrogens is 4. The summed E-state index contributed by atoms with van der Waals surface area (Å²) in [6.07, 6.45) is -4.78. The summed E-state index contributed by atoms with van der Waals surface area (Å²) in [5, 5.41) is 3.04. The molecule has 1 fully saturated rings. The molecule has 2 aromatic carbocycles. The highest BCUT2D eigenvalue weighted by Crippen LogP contribution is 2.23. The number of benzene rings is 2. The van der Waals surface area contributed by atoms with E-state index < -0.39 is 6.36 Å². The normalized spacial score (nSPS) is 15.5. The van der Waals surface area contributed by atoms with Gasteiger partial charge >= 0.3 is 11.9 Å². The number of nitrogens with zero attached hydrogens (tertiary/aromatic N) is 4. The molecule has 32 heavy (non-hydrogen) atoms. The number of para-hydroxylation sites is 2. The Labute approximate surface area is 179 Å². The Kier molecular flexibility index (Phi) is 5.06. The number of morpholine rings is 1. The molecule has 11 heteroatoms. The van der Waals surface area contributed by atoms with Gasteiger partial charge in [-0.25, -0.2) is 9.78 Å². The third kappa shape index (κ3) is 3.92. The second kappa shape index (κ2) is 7.92. The largest absolute Gasteiger partial charge is 0.573 e. The van der Waals surface area contributed by atoms with Crippen LogP contribution in [0.15, 0.2) is 53.3 Å². The van der Waals surface area contributed by atoms with Crippen LogP contribution in [0, 0.1) is 0 Å². The molecule has 0 atom stereocenters. The summed E-state index contributed by atoms with van der Waals surface area (Å²) in [6.45, 7) is 3.18. The first-order chi connectivity index (χ1) is 15.4. The van der Waals surface area contributed by atoms with Crippen molar-refractivity contribution < 1.29 is 27.2 Å². The third-order valence-electron chi connectivity index (χ3n) is 5.29. The van der Waals surface area contributed by atoms with Crippen LogP contribution in [0.1, 0.15) is 5.69 Å². The van der Waals surface area contributed by atoms with Crippen LogP contribution in [-0.2, 0) is 11.3 Å². The van der Waals surface area contributed by atoms with Gasteiger partial charge in [-0.05, 0) is 36.4 Å². The topological polar surface area (TPSA) is 76.5 Å². The Morgan fingerprint density at radius 3 is 2.53 bits per heavy atom. The summed E-state index contributed by atoms with van der Waals surface area (Å²) in [5.74, 6) is -0.363. The maximum Gasteiger partial charge on any atom is 0.573 e. The van der Waals surface area contributed by atoms with Crippen LogP contribution in [0.2, 0.25) is 0 Å². The lowest BCUT2D eigenvalue weighted by Gasteiger charge is -2.25. The zero-order valence-electron chi connectivity index (χ0n) is 16.8. The molecular formula is C21H19F3N5O3+. The molecule has 4 aromatic rings. The molecular weight excluding hydrogens is 427 g/mol. The van der Waals surface area contributed by atoms with E-state index in [-0.39, 0.29) is 11.3 Å². The van der Waals surface area contributed by atoms with Crippen LogP contribution in [0.3, 0.4) is 0 Å². The first-order valence-electron chi connectivity index (χ1n) is 10.00. The fraction of sp³-hybridized carbons (Fsp3) is 0.286. The van der Waals surface area contributed by atoms with Crippen molar-refractivity contribution in [3.8, 4) is 11.4 Å². The minimum Gasteiger partial charge on any atom is -0.406 e. The van der Waals surface area contributed by atoms with Gasteiger partial charge in [0.1, 0.15) is 17.0 Å². The zero-order valence-corrected chi connectivity index (χ0v) is 16.8. The van der Waals surface area contributed by atoms with Gasteiger partial charge < -0.3 is 9.47 Å². The summed E-state index contributed by atoms with van der Waals surface area (Å²) < 4.78 is 49.6. The lowest BCUT2D eigenvalue weighted by Crippen LogP contribution is -2.37. The van der Waals surface area contributed by atoms with Crippen molar-refractivity contribution in [2.24, 2.45) is 0 Å². The average Bonchev–Trinajstić information content (AvgIpc) is 3.12.